The zero-order valence-electron chi connectivity index (χ0n) is 11.8. The molecule has 1 saturated heterocycles. The maximum atomic E-state index is 13.1. The molecule has 3 N–H and O–H groups in total. The molecule has 3 nitrogen and oxygen atoms in total. The van der Waals surface area contributed by atoms with Gasteiger partial charge in [0.2, 0.25) is 0 Å². The average Bonchev–Trinajstić information content (AvgIpc) is 2.68. The number of anilines is 1. The van der Waals surface area contributed by atoms with Gasteiger partial charge in [0, 0.05) is 17.9 Å². The Labute approximate surface area is 126 Å². The molecule has 1 aliphatic heterocycles. The first kappa shape index (κ1) is 16.0. The summed E-state index contributed by atoms with van der Waals surface area (Å²) in [5, 5.41) is 3.14. The lowest BCUT2D eigenvalue weighted by Gasteiger charge is -2.30. The summed E-state index contributed by atoms with van der Waals surface area (Å²) in [5.41, 5.74) is 4.36. The highest BCUT2D eigenvalue weighted by atomic mass is 32.1. The summed E-state index contributed by atoms with van der Waals surface area (Å²) < 4.78 is 44.8. The van der Waals surface area contributed by atoms with E-state index in [4.69, 9.17) is 10.5 Å². The quantitative estimate of drug-likeness (QED) is 0.839. The third-order valence-electron chi connectivity index (χ3n) is 3.91. The zero-order valence-corrected chi connectivity index (χ0v) is 12.6. The van der Waals surface area contributed by atoms with Gasteiger partial charge in [-0.25, -0.2) is 0 Å². The normalized spacial score (nSPS) is 25.9. The second kappa shape index (κ2) is 5.46. The van der Waals surface area contributed by atoms with Gasteiger partial charge < -0.3 is 15.8 Å². The van der Waals surface area contributed by atoms with Crippen LogP contribution < -0.4 is 11.1 Å². The van der Waals surface area contributed by atoms with Crippen molar-refractivity contribution in [1.82, 2.24) is 0 Å². The van der Waals surface area contributed by atoms with Crippen molar-refractivity contribution in [3.63, 3.8) is 0 Å². The highest BCUT2D eigenvalue weighted by Gasteiger charge is 2.38. The second-order valence-corrected chi connectivity index (χ2v) is 5.87. The Kier molecular flexibility index (Phi) is 4.17. The van der Waals surface area contributed by atoms with Gasteiger partial charge in [0.15, 0.2) is 0 Å². The Morgan fingerprint density at radius 2 is 2.14 bits per heavy atom. The second-order valence-electron chi connectivity index (χ2n) is 5.43. The molecule has 2 atom stereocenters. The zero-order chi connectivity index (χ0) is 15.8. The molecule has 0 amide bonds. The Bertz CT molecular complexity index is 562. The van der Waals surface area contributed by atoms with E-state index in [0.29, 0.717) is 12.3 Å². The van der Waals surface area contributed by atoms with Crippen molar-refractivity contribution < 1.29 is 17.9 Å². The molecular formula is C14H17F3N2OS. The summed E-state index contributed by atoms with van der Waals surface area (Å²) in [5.74, 6) is 0. The van der Waals surface area contributed by atoms with Crippen molar-refractivity contribution in [1.29, 1.82) is 0 Å². The van der Waals surface area contributed by atoms with Gasteiger partial charge in [-0.2, -0.15) is 13.2 Å². The number of nitrogens with one attached hydrogen (secondary N) is 1. The summed E-state index contributed by atoms with van der Waals surface area (Å²) >= 11 is 4.68. The Balaban J connectivity index is 2.36. The van der Waals surface area contributed by atoms with Gasteiger partial charge in [-0.1, -0.05) is 12.2 Å². The molecule has 7 heteroatoms. The van der Waals surface area contributed by atoms with Crippen LogP contribution in [0.5, 0.6) is 0 Å². The summed E-state index contributed by atoms with van der Waals surface area (Å²) in [4.78, 5) is -0.266. The van der Waals surface area contributed by atoms with Crippen molar-refractivity contribution in [2.45, 2.75) is 38.1 Å². The SMILES string of the molecule is CC1OCCC1(C)Nc1ccc(C(N)=S)c(C(F)(F)F)c1. The highest BCUT2D eigenvalue weighted by molar-refractivity contribution is 7.80. The Hall–Kier alpha value is -1.34. The van der Waals surface area contributed by atoms with E-state index in [1.54, 1.807) is 6.07 Å². The number of nitrogens with two attached hydrogens (primary N) is 1. The van der Waals surface area contributed by atoms with Crippen LogP contribution in [0.4, 0.5) is 18.9 Å². The summed E-state index contributed by atoms with van der Waals surface area (Å²) in [6, 6.07) is 3.90. The lowest BCUT2D eigenvalue weighted by Crippen LogP contribution is -2.41. The summed E-state index contributed by atoms with van der Waals surface area (Å²) in [6.07, 6.45) is -3.86. The number of thiocarbonyl (C=S) groups is 1. The first-order valence-corrected chi connectivity index (χ1v) is 6.95. The van der Waals surface area contributed by atoms with E-state index in [2.05, 4.69) is 17.5 Å². The summed E-state index contributed by atoms with van der Waals surface area (Å²) in [6.45, 7) is 4.41. The first-order chi connectivity index (χ1) is 9.63. The molecule has 0 bridgehead atoms. The van der Waals surface area contributed by atoms with Crippen molar-refractivity contribution in [2.24, 2.45) is 5.73 Å². The van der Waals surface area contributed by atoms with Crippen molar-refractivity contribution in [2.75, 3.05) is 11.9 Å². The highest BCUT2D eigenvalue weighted by Crippen LogP contribution is 2.36. The fraction of sp³-hybridized carbons (Fsp3) is 0.500. The molecule has 2 unspecified atom stereocenters. The van der Waals surface area contributed by atoms with E-state index < -0.39 is 17.3 Å². The molecule has 0 aliphatic carbocycles. The predicted molar refractivity (Wildman–Crippen MR) is 79.4 cm³/mol. The van der Waals surface area contributed by atoms with Gasteiger partial charge in [0.1, 0.15) is 4.99 Å². The topological polar surface area (TPSA) is 47.3 Å². The Morgan fingerprint density at radius 3 is 2.62 bits per heavy atom. The number of benzene rings is 1. The molecule has 1 heterocycles. The van der Waals surface area contributed by atoms with Gasteiger partial charge in [-0.05, 0) is 38.5 Å². The minimum absolute atomic E-state index is 0.0814. The standard InChI is InChI=1S/C14H17F3N2OS/c1-8-13(2,5-6-20-8)19-9-3-4-10(12(18)21)11(7-9)14(15,16)17/h3-4,7-8,19H,5-6H2,1-2H3,(H2,18,21). The van der Waals surface area contributed by atoms with Gasteiger partial charge >= 0.3 is 6.18 Å². The smallest absolute Gasteiger partial charge is 0.389 e. The molecule has 0 radical (unpaired) electrons. The minimum Gasteiger partial charge on any atom is -0.389 e. The third-order valence-corrected chi connectivity index (χ3v) is 4.13. The third kappa shape index (κ3) is 3.29. The maximum Gasteiger partial charge on any atom is 0.417 e. The van der Waals surface area contributed by atoms with Crippen LogP contribution >= 0.6 is 12.2 Å². The lowest BCUT2D eigenvalue weighted by molar-refractivity contribution is -0.137. The molecule has 116 valence electrons. The van der Waals surface area contributed by atoms with Crippen LogP contribution in [0.3, 0.4) is 0 Å². The minimum atomic E-state index is -4.50. The van der Waals surface area contributed by atoms with E-state index in [-0.39, 0.29) is 16.7 Å². The molecule has 0 aromatic heterocycles. The van der Waals surface area contributed by atoms with Crippen molar-refractivity contribution in [3.05, 3.63) is 29.3 Å². The Morgan fingerprint density at radius 1 is 1.48 bits per heavy atom. The van der Waals surface area contributed by atoms with Crippen LogP contribution in [0.1, 0.15) is 31.4 Å². The fourth-order valence-electron chi connectivity index (χ4n) is 2.40. The van der Waals surface area contributed by atoms with Gasteiger partial charge in [0.05, 0.1) is 17.2 Å². The van der Waals surface area contributed by atoms with E-state index in [0.717, 1.165) is 12.5 Å². The molecule has 1 aliphatic rings. The first-order valence-electron chi connectivity index (χ1n) is 6.54. The van der Waals surface area contributed by atoms with Crippen molar-refractivity contribution >= 4 is 22.9 Å². The number of hydrogen-bond acceptors (Lipinski definition) is 3. The largest absolute Gasteiger partial charge is 0.417 e. The van der Waals surface area contributed by atoms with Crippen LogP contribution in [0.25, 0.3) is 0 Å². The molecule has 1 aromatic rings. The molecule has 1 fully saturated rings. The lowest BCUT2D eigenvalue weighted by atomic mass is 9.94. The monoisotopic (exact) mass is 318 g/mol. The average molecular weight is 318 g/mol. The molecule has 0 spiro atoms. The molecule has 21 heavy (non-hydrogen) atoms. The van der Waals surface area contributed by atoms with Gasteiger partial charge in [-0.15, -0.1) is 0 Å². The van der Waals surface area contributed by atoms with Gasteiger partial charge in [0.25, 0.3) is 0 Å². The molecule has 1 aromatic carbocycles. The van der Waals surface area contributed by atoms with Crippen LogP contribution in [0.2, 0.25) is 0 Å². The fourth-order valence-corrected chi connectivity index (χ4v) is 2.58. The molecular weight excluding hydrogens is 301 g/mol. The number of halogens is 3. The number of alkyl halides is 3. The number of hydrogen-bond donors (Lipinski definition) is 2. The van der Waals surface area contributed by atoms with Crippen LogP contribution in [0.15, 0.2) is 18.2 Å². The van der Waals surface area contributed by atoms with E-state index in [9.17, 15) is 13.2 Å². The maximum absolute atomic E-state index is 13.1. The van der Waals surface area contributed by atoms with Crippen LogP contribution in [-0.2, 0) is 10.9 Å². The predicted octanol–water partition coefficient (Wildman–Crippen LogP) is 3.32. The van der Waals surface area contributed by atoms with Gasteiger partial charge in [-0.3, -0.25) is 0 Å². The number of rotatable bonds is 3. The molecule has 0 saturated carbocycles. The summed E-state index contributed by atoms with van der Waals surface area (Å²) in [7, 11) is 0. The van der Waals surface area contributed by atoms with E-state index in [1.807, 2.05) is 13.8 Å². The number of ether oxygens (including phenoxy) is 1. The van der Waals surface area contributed by atoms with E-state index in [1.165, 1.54) is 6.07 Å². The van der Waals surface area contributed by atoms with Crippen LogP contribution in [-0.4, -0.2) is 23.2 Å². The molecule has 2 rings (SSSR count). The van der Waals surface area contributed by atoms with Crippen molar-refractivity contribution in [3.8, 4) is 0 Å². The van der Waals surface area contributed by atoms with E-state index >= 15 is 0 Å². The van der Waals surface area contributed by atoms with Crippen LogP contribution in [0, 0.1) is 0 Å².